The quantitative estimate of drug-likeness (QED) is 0.268. The highest BCUT2D eigenvalue weighted by Crippen LogP contribution is 2.29. The summed E-state index contributed by atoms with van der Waals surface area (Å²) in [4.78, 5) is 52.0. The van der Waals surface area contributed by atoms with Gasteiger partial charge in [0.05, 0.1) is 37.9 Å². The average Bonchev–Trinajstić information content (AvgIpc) is 3.19. The lowest BCUT2D eigenvalue weighted by Gasteiger charge is -2.31. The number of piperidine rings is 1. The number of hydrogen-bond donors (Lipinski definition) is 1. The third kappa shape index (κ3) is 6.76. The molecule has 1 aliphatic heterocycles. The van der Waals surface area contributed by atoms with E-state index in [1.807, 2.05) is 20.8 Å². The number of carbonyl (C=O) groups excluding carboxylic acids is 3. The van der Waals surface area contributed by atoms with Gasteiger partial charge >= 0.3 is 11.8 Å². The summed E-state index contributed by atoms with van der Waals surface area (Å²) >= 11 is 0. The molecule has 12 nitrogen and oxygen atoms in total. The molecule has 1 fully saturated rings. The van der Waals surface area contributed by atoms with Crippen LogP contribution in [-0.4, -0.2) is 65.0 Å². The molecule has 2 aromatic carbocycles. The number of hydrogen-bond acceptors (Lipinski definition) is 8. The number of methoxy groups -OCH3 is 1. The van der Waals surface area contributed by atoms with Crippen LogP contribution in [0.2, 0.25) is 0 Å². The van der Waals surface area contributed by atoms with Crippen molar-refractivity contribution in [2.45, 2.75) is 52.3 Å². The zero-order valence-electron chi connectivity index (χ0n) is 24.6. The van der Waals surface area contributed by atoms with Crippen LogP contribution < -0.4 is 20.9 Å². The zero-order valence-corrected chi connectivity index (χ0v) is 24.6. The Morgan fingerprint density at radius 2 is 1.71 bits per heavy atom. The van der Waals surface area contributed by atoms with E-state index in [1.165, 1.54) is 14.0 Å². The van der Waals surface area contributed by atoms with Crippen LogP contribution in [0.3, 0.4) is 0 Å². The topological polar surface area (TPSA) is 144 Å². The molecule has 2 atom stereocenters. The van der Waals surface area contributed by atoms with E-state index in [0.717, 1.165) is 5.56 Å². The number of aromatic nitrogens is 2. The van der Waals surface area contributed by atoms with E-state index in [9.17, 15) is 19.2 Å². The van der Waals surface area contributed by atoms with Crippen LogP contribution in [0.4, 0.5) is 4.79 Å². The van der Waals surface area contributed by atoms with Crippen LogP contribution in [0.5, 0.6) is 11.5 Å². The van der Waals surface area contributed by atoms with Gasteiger partial charge in [0.25, 0.3) is 5.91 Å². The maximum absolute atomic E-state index is 13.5. The lowest BCUT2D eigenvalue weighted by molar-refractivity contribution is -0.151. The number of benzene rings is 2. The summed E-state index contributed by atoms with van der Waals surface area (Å²) in [6.45, 7) is 6.50. The van der Waals surface area contributed by atoms with E-state index in [4.69, 9.17) is 24.7 Å². The Labute approximate surface area is 243 Å². The van der Waals surface area contributed by atoms with E-state index in [0.29, 0.717) is 22.5 Å². The highest BCUT2D eigenvalue weighted by Gasteiger charge is 2.37. The van der Waals surface area contributed by atoms with Gasteiger partial charge in [0.15, 0.2) is 0 Å². The minimum atomic E-state index is -0.855. The van der Waals surface area contributed by atoms with Gasteiger partial charge in [-0.3, -0.25) is 23.6 Å². The normalized spacial score (nSPS) is 16.5. The predicted molar refractivity (Wildman–Crippen MR) is 154 cm³/mol. The number of imidazole rings is 1. The lowest BCUT2D eigenvalue weighted by Crippen LogP contribution is -2.47. The number of ether oxygens (including phenoxy) is 4. The first kappa shape index (κ1) is 30.6. The first-order valence-electron chi connectivity index (χ1n) is 13.8. The second kappa shape index (κ2) is 12.7. The van der Waals surface area contributed by atoms with Crippen LogP contribution in [0, 0.1) is 5.41 Å². The van der Waals surface area contributed by atoms with E-state index in [2.05, 4.69) is 0 Å². The number of primary amides is 1. The number of rotatable bonds is 11. The first-order chi connectivity index (χ1) is 19.9. The molecular formula is C30H38N4O8. The van der Waals surface area contributed by atoms with Gasteiger partial charge in [0.2, 0.25) is 5.91 Å². The Bertz CT molecular complexity index is 1500. The second-order valence-corrected chi connectivity index (χ2v) is 11.3. The summed E-state index contributed by atoms with van der Waals surface area (Å²) in [5, 5.41) is 0. The standard InChI is InChI=1S/C30H38N4O8/c1-30(2,3)25(42-28(31)37)18-40-14-15-41-21-10-11-22-24(16-21)32(4)29(38)34(22)23-12-13-26(35)33(27(23)36)17-19-6-8-20(39-5)9-7-19/h6-11,16,23,25H,12-15,17-18H2,1-5H3,(H2,31,37). The van der Waals surface area contributed by atoms with Crippen molar-refractivity contribution in [2.75, 3.05) is 26.9 Å². The molecule has 2 unspecified atom stereocenters. The molecule has 0 spiro atoms. The zero-order chi connectivity index (χ0) is 30.6. The van der Waals surface area contributed by atoms with Crippen LogP contribution in [0.1, 0.15) is 45.2 Å². The molecule has 0 aliphatic carbocycles. The fraction of sp³-hybridized carbons (Fsp3) is 0.467. The molecular weight excluding hydrogens is 544 g/mol. The molecule has 1 aliphatic rings. The molecule has 3 aromatic rings. The van der Waals surface area contributed by atoms with Crippen molar-refractivity contribution < 1.29 is 33.3 Å². The maximum Gasteiger partial charge on any atom is 0.404 e. The monoisotopic (exact) mass is 582 g/mol. The average molecular weight is 583 g/mol. The van der Waals surface area contributed by atoms with E-state index in [1.54, 1.807) is 56.6 Å². The van der Waals surface area contributed by atoms with Crippen LogP contribution in [0.25, 0.3) is 11.0 Å². The minimum Gasteiger partial charge on any atom is -0.497 e. The molecule has 0 radical (unpaired) electrons. The molecule has 1 saturated heterocycles. The molecule has 4 rings (SSSR count). The number of nitrogens with zero attached hydrogens (tertiary/aromatic N) is 3. The van der Waals surface area contributed by atoms with Crippen molar-refractivity contribution in [3.63, 3.8) is 0 Å². The molecule has 0 bridgehead atoms. The predicted octanol–water partition coefficient (Wildman–Crippen LogP) is 3.14. The second-order valence-electron chi connectivity index (χ2n) is 11.3. The van der Waals surface area contributed by atoms with Crippen LogP contribution in [0.15, 0.2) is 47.3 Å². The number of imide groups is 1. The summed E-state index contributed by atoms with van der Waals surface area (Å²) in [7, 11) is 3.20. The number of likely N-dealkylation sites (tertiary alicyclic amines) is 1. The Morgan fingerprint density at radius 3 is 2.36 bits per heavy atom. The largest absolute Gasteiger partial charge is 0.497 e. The van der Waals surface area contributed by atoms with Gasteiger partial charge < -0.3 is 24.7 Å². The number of aryl methyl sites for hydroxylation is 1. The van der Waals surface area contributed by atoms with Crippen molar-refractivity contribution in [3.8, 4) is 11.5 Å². The highest BCUT2D eigenvalue weighted by molar-refractivity contribution is 6.00. The molecule has 0 saturated carbocycles. The highest BCUT2D eigenvalue weighted by atomic mass is 16.6. The third-order valence-corrected chi connectivity index (χ3v) is 7.35. The third-order valence-electron chi connectivity index (χ3n) is 7.35. The van der Waals surface area contributed by atoms with Crippen molar-refractivity contribution in [1.82, 2.24) is 14.0 Å². The Balaban J connectivity index is 1.45. The van der Waals surface area contributed by atoms with E-state index < -0.39 is 24.1 Å². The van der Waals surface area contributed by atoms with Crippen molar-refractivity contribution in [1.29, 1.82) is 0 Å². The van der Waals surface area contributed by atoms with Gasteiger partial charge in [-0.1, -0.05) is 32.9 Å². The summed E-state index contributed by atoms with van der Waals surface area (Å²) in [6.07, 6.45) is -0.977. The summed E-state index contributed by atoms with van der Waals surface area (Å²) in [5.41, 5.74) is 6.40. The molecule has 1 aromatic heterocycles. The molecule has 3 amide bonds. The molecule has 2 heterocycles. The molecule has 12 heteroatoms. The SMILES string of the molecule is COc1ccc(CN2C(=O)CCC(n3c(=O)n(C)c4cc(OCCOCC(OC(N)=O)C(C)(C)C)ccc43)C2=O)cc1. The summed E-state index contributed by atoms with van der Waals surface area (Å²) in [6, 6.07) is 11.5. The van der Waals surface area contributed by atoms with Crippen LogP contribution >= 0.6 is 0 Å². The Kier molecular flexibility index (Phi) is 9.25. The summed E-state index contributed by atoms with van der Waals surface area (Å²) < 4.78 is 24.7. The van der Waals surface area contributed by atoms with Gasteiger partial charge in [-0.05, 0) is 36.2 Å². The molecule has 42 heavy (non-hydrogen) atoms. The van der Waals surface area contributed by atoms with Gasteiger partial charge in [-0.2, -0.15) is 0 Å². The van der Waals surface area contributed by atoms with Crippen LogP contribution in [-0.2, 0) is 32.7 Å². The maximum atomic E-state index is 13.5. The number of nitrogens with two attached hydrogens (primary N) is 1. The van der Waals surface area contributed by atoms with Gasteiger partial charge in [-0.25, -0.2) is 9.59 Å². The fourth-order valence-electron chi connectivity index (χ4n) is 4.88. The van der Waals surface area contributed by atoms with Crippen molar-refractivity contribution in [2.24, 2.45) is 18.2 Å². The molecule has 226 valence electrons. The lowest BCUT2D eigenvalue weighted by atomic mass is 9.89. The smallest absolute Gasteiger partial charge is 0.404 e. The van der Waals surface area contributed by atoms with Gasteiger partial charge in [0.1, 0.15) is 30.3 Å². The van der Waals surface area contributed by atoms with E-state index in [-0.39, 0.29) is 56.2 Å². The number of amides is 3. The van der Waals surface area contributed by atoms with Crippen molar-refractivity contribution >= 4 is 28.9 Å². The first-order valence-corrected chi connectivity index (χ1v) is 13.8. The number of carbonyl (C=O) groups is 3. The molecule has 2 N–H and O–H groups in total. The van der Waals surface area contributed by atoms with Gasteiger partial charge in [-0.15, -0.1) is 0 Å². The Morgan fingerprint density at radius 1 is 1.02 bits per heavy atom. The summed E-state index contributed by atoms with van der Waals surface area (Å²) in [5.74, 6) is 0.511. The van der Waals surface area contributed by atoms with E-state index >= 15 is 0 Å². The Hall–Kier alpha value is -4.32. The van der Waals surface area contributed by atoms with Crippen molar-refractivity contribution in [3.05, 3.63) is 58.5 Å². The minimum absolute atomic E-state index is 0.114. The number of fused-ring (bicyclic) bond motifs is 1. The van der Waals surface area contributed by atoms with Gasteiger partial charge in [0, 0.05) is 24.9 Å². The fourth-order valence-corrected chi connectivity index (χ4v) is 4.88.